The molecule has 0 aromatic rings. The Labute approximate surface area is 94.0 Å². The van der Waals surface area contributed by atoms with Gasteiger partial charge in [-0.1, -0.05) is 29.8 Å². The summed E-state index contributed by atoms with van der Waals surface area (Å²) in [7, 11) is 0. The molecule has 0 aliphatic heterocycles. The van der Waals surface area contributed by atoms with E-state index in [-0.39, 0.29) is 22.8 Å². The average Bonchev–Trinajstić information content (AvgIpc) is 2.68. The summed E-state index contributed by atoms with van der Waals surface area (Å²) < 4.78 is 0. The van der Waals surface area contributed by atoms with Crippen molar-refractivity contribution in [3.05, 3.63) is 0 Å². The number of hydrogen-bond donors (Lipinski definition) is 1. The van der Waals surface area contributed by atoms with Crippen molar-refractivity contribution in [3.8, 4) is 0 Å². The predicted molar refractivity (Wildman–Crippen MR) is 60.4 cm³/mol. The largest absolute Gasteiger partial charge is 0.350 e. The number of hydrogen-bond acceptors (Lipinski definition) is 1. The third kappa shape index (κ3) is 1.71. The highest BCUT2D eigenvalue weighted by Crippen LogP contribution is 2.52. The van der Waals surface area contributed by atoms with Gasteiger partial charge in [0, 0.05) is 16.8 Å². The van der Waals surface area contributed by atoms with E-state index in [1.165, 1.54) is 6.42 Å². The van der Waals surface area contributed by atoms with E-state index in [0.717, 1.165) is 24.6 Å². The molecule has 0 spiro atoms. The standard InChI is InChI=1S/C11H18BrNO/c1-10(2)6-8(10)9(14)13-11(7-12)4-3-5-11/h8H,3-7H2,1-2H3,(H,13,14). The number of nitrogens with one attached hydrogen (secondary N) is 1. The number of halogens is 1. The molecule has 2 aliphatic carbocycles. The minimum atomic E-state index is 0.0930. The first kappa shape index (κ1) is 10.5. The van der Waals surface area contributed by atoms with Crippen LogP contribution in [0.3, 0.4) is 0 Å². The van der Waals surface area contributed by atoms with E-state index in [1.807, 2.05) is 0 Å². The van der Waals surface area contributed by atoms with Crippen LogP contribution in [0.25, 0.3) is 0 Å². The maximum Gasteiger partial charge on any atom is 0.224 e. The van der Waals surface area contributed by atoms with Crippen LogP contribution in [0.4, 0.5) is 0 Å². The van der Waals surface area contributed by atoms with Crippen molar-refractivity contribution in [2.24, 2.45) is 11.3 Å². The van der Waals surface area contributed by atoms with Gasteiger partial charge in [-0.25, -0.2) is 0 Å². The summed E-state index contributed by atoms with van der Waals surface area (Å²) in [4.78, 5) is 11.9. The van der Waals surface area contributed by atoms with Crippen LogP contribution in [-0.4, -0.2) is 16.8 Å². The first-order valence-corrected chi connectivity index (χ1v) is 6.49. The van der Waals surface area contributed by atoms with E-state index in [0.29, 0.717) is 0 Å². The first-order valence-electron chi connectivity index (χ1n) is 5.37. The fourth-order valence-corrected chi connectivity index (χ4v) is 2.86. The highest BCUT2D eigenvalue weighted by atomic mass is 79.9. The van der Waals surface area contributed by atoms with Gasteiger partial charge in [-0.2, -0.15) is 0 Å². The van der Waals surface area contributed by atoms with E-state index in [4.69, 9.17) is 0 Å². The molecule has 0 aromatic carbocycles. The summed E-state index contributed by atoms with van der Waals surface area (Å²) in [6.45, 7) is 4.33. The molecule has 14 heavy (non-hydrogen) atoms. The van der Waals surface area contributed by atoms with Gasteiger partial charge in [0.15, 0.2) is 0 Å². The molecule has 0 saturated heterocycles. The van der Waals surface area contributed by atoms with Gasteiger partial charge < -0.3 is 5.32 Å². The van der Waals surface area contributed by atoms with Crippen molar-refractivity contribution in [2.45, 2.75) is 45.1 Å². The summed E-state index contributed by atoms with van der Waals surface area (Å²) >= 11 is 3.50. The predicted octanol–water partition coefficient (Wildman–Crippen LogP) is 2.47. The smallest absolute Gasteiger partial charge is 0.224 e. The van der Waals surface area contributed by atoms with Crippen LogP contribution in [-0.2, 0) is 4.79 Å². The van der Waals surface area contributed by atoms with Crippen LogP contribution in [0.1, 0.15) is 39.5 Å². The van der Waals surface area contributed by atoms with Gasteiger partial charge >= 0.3 is 0 Å². The summed E-state index contributed by atoms with van der Waals surface area (Å²) in [5.41, 5.74) is 0.344. The second-order valence-corrected chi connectivity index (χ2v) is 6.06. The number of carbonyl (C=O) groups is 1. The molecule has 1 N–H and O–H groups in total. The monoisotopic (exact) mass is 259 g/mol. The van der Waals surface area contributed by atoms with Crippen molar-refractivity contribution in [2.75, 3.05) is 5.33 Å². The maximum atomic E-state index is 11.9. The van der Waals surface area contributed by atoms with E-state index in [9.17, 15) is 4.79 Å². The summed E-state index contributed by atoms with van der Waals surface area (Å²) in [6, 6.07) is 0. The molecule has 0 aromatic heterocycles. The molecule has 2 rings (SSSR count). The lowest BCUT2D eigenvalue weighted by Crippen LogP contribution is -2.55. The molecule has 2 aliphatic rings. The van der Waals surface area contributed by atoms with Gasteiger partial charge in [0.1, 0.15) is 0 Å². The SMILES string of the molecule is CC1(C)CC1C(=O)NC1(CBr)CCC1. The van der Waals surface area contributed by atoms with E-state index in [2.05, 4.69) is 35.1 Å². The van der Waals surface area contributed by atoms with Crippen LogP contribution < -0.4 is 5.32 Å². The zero-order valence-corrected chi connectivity index (χ0v) is 10.5. The van der Waals surface area contributed by atoms with E-state index >= 15 is 0 Å². The average molecular weight is 260 g/mol. The lowest BCUT2D eigenvalue weighted by molar-refractivity contribution is -0.125. The van der Waals surface area contributed by atoms with Crippen molar-refractivity contribution >= 4 is 21.8 Å². The Balaban J connectivity index is 1.89. The Hall–Kier alpha value is -0.0500. The van der Waals surface area contributed by atoms with Crippen LogP contribution in [0.5, 0.6) is 0 Å². The first-order chi connectivity index (χ1) is 6.49. The van der Waals surface area contributed by atoms with Gasteiger partial charge in [0.05, 0.1) is 0 Å². The Morgan fingerprint density at radius 1 is 1.50 bits per heavy atom. The number of amides is 1. The van der Waals surface area contributed by atoms with Crippen LogP contribution in [0, 0.1) is 11.3 Å². The zero-order chi connectivity index (χ0) is 10.4. The molecule has 0 bridgehead atoms. The molecular formula is C11H18BrNO. The van der Waals surface area contributed by atoms with Crippen LogP contribution in [0.2, 0.25) is 0 Å². The Kier molecular flexibility index (Phi) is 2.41. The summed E-state index contributed by atoms with van der Waals surface area (Å²) in [6.07, 6.45) is 4.57. The molecular weight excluding hydrogens is 242 g/mol. The van der Waals surface area contributed by atoms with Crippen LogP contribution in [0.15, 0.2) is 0 Å². The van der Waals surface area contributed by atoms with Gasteiger partial charge in [-0.3, -0.25) is 4.79 Å². The van der Waals surface area contributed by atoms with Crippen molar-refractivity contribution in [1.29, 1.82) is 0 Å². The molecule has 2 saturated carbocycles. The molecule has 80 valence electrons. The maximum absolute atomic E-state index is 11.9. The Morgan fingerprint density at radius 2 is 2.07 bits per heavy atom. The third-order valence-electron chi connectivity index (χ3n) is 3.78. The molecule has 1 unspecified atom stereocenters. The fourth-order valence-electron chi connectivity index (χ4n) is 2.16. The molecule has 0 heterocycles. The fraction of sp³-hybridized carbons (Fsp3) is 0.909. The molecule has 3 heteroatoms. The van der Waals surface area contributed by atoms with Crippen molar-refractivity contribution < 1.29 is 4.79 Å². The van der Waals surface area contributed by atoms with Gasteiger partial charge in [0.2, 0.25) is 5.91 Å². The van der Waals surface area contributed by atoms with Crippen LogP contribution >= 0.6 is 15.9 Å². The summed E-state index contributed by atoms with van der Waals surface area (Å²) in [5, 5.41) is 4.11. The van der Waals surface area contributed by atoms with E-state index in [1.54, 1.807) is 0 Å². The summed E-state index contributed by atoms with van der Waals surface area (Å²) in [5.74, 6) is 0.535. The van der Waals surface area contributed by atoms with Gasteiger partial charge in [-0.05, 0) is 31.1 Å². The van der Waals surface area contributed by atoms with Crippen molar-refractivity contribution in [1.82, 2.24) is 5.32 Å². The number of alkyl halides is 1. The zero-order valence-electron chi connectivity index (χ0n) is 8.90. The highest BCUT2D eigenvalue weighted by molar-refractivity contribution is 9.09. The van der Waals surface area contributed by atoms with Crippen molar-refractivity contribution in [3.63, 3.8) is 0 Å². The molecule has 2 nitrogen and oxygen atoms in total. The molecule has 1 atom stereocenters. The lowest BCUT2D eigenvalue weighted by atomic mass is 9.78. The number of rotatable bonds is 3. The normalized spacial score (nSPS) is 31.8. The molecule has 2 fully saturated rings. The second kappa shape index (κ2) is 3.22. The van der Waals surface area contributed by atoms with Gasteiger partial charge in [-0.15, -0.1) is 0 Å². The quantitative estimate of drug-likeness (QED) is 0.776. The topological polar surface area (TPSA) is 29.1 Å². The van der Waals surface area contributed by atoms with Gasteiger partial charge in [0.25, 0.3) is 0 Å². The molecule has 0 radical (unpaired) electrons. The Morgan fingerprint density at radius 3 is 2.36 bits per heavy atom. The van der Waals surface area contributed by atoms with E-state index < -0.39 is 0 Å². The minimum Gasteiger partial charge on any atom is -0.350 e. The lowest BCUT2D eigenvalue weighted by Gasteiger charge is -2.41. The minimum absolute atomic E-state index is 0.0930. The number of carbonyl (C=O) groups excluding carboxylic acids is 1. The third-order valence-corrected chi connectivity index (χ3v) is 4.86. The highest BCUT2D eigenvalue weighted by Gasteiger charge is 2.52. The Bertz CT molecular complexity index is 253. The molecule has 1 amide bonds. The second-order valence-electron chi connectivity index (χ2n) is 5.50.